The molecule has 2 rings (SSSR count). The number of hydrogen-bond acceptors (Lipinski definition) is 3. The molecule has 1 aliphatic heterocycles. The lowest BCUT2D eigenvalue weighted by atomic mass is 10.0. The van der Waals surface area contributed by atoms with Gasteiger partial charge in [-0.3, -0.25) is 0 Å². The van der Waals surface area contributed by atoms with Gasteiger partial charge in [-0.05, 0) is 43.0 Å². The van der Waals surface area contributed by atoms with Crippen molar-refractivity contribution in [1.29, 1.82) is 0 Å². The molecule has 1 N–H and O–H groups in total. The third-order valence-corrected chi connectivity index (χ3v) is 5.46. The first-order valence-corrected chi connectivity index (χ1v) is 8.68. The van der Waals surface area contributed by atoms with E-state index in [-0.39, 0.29) is 6.61 Å². The van der Waals surface area contributed by atoms with Crippen LogP contribution in [0.3, 0.4) is 0 Å². The molecule has 1 unspecified atom stereocenters. The van der Waals surface area contributed by atoms with Gasteiger partial charge in [0.25, 0.3) is 0 Å². The first-order chi connectivity index (χ1) is 10.0. The number of rotatable bonds is 3. The van der Waals surface area contributed by atoms with Crippen LogP contribution in [0.2, 0.25) is 0 Å². The van der Waals surface area contributed by atoms with Crippen LogP contribution in [0, 0.1) is 17.8 Å². The highest BCUT2D eigenvalue weighted by atomic mass is 32.2. The molecule has 1 aromatic carbocycles. The van der Waals surface area contributed by atoms with Gasteiger partial charge < -0.3 is 5.11 Å². The number of aliphatic hydroxyl groups excluding tert-OH is 1. The van der Waals surface area contributed by atoms with Gasteiger partial charge >= 0.3 is 0 Å². The van der Waals surface area contributed by atoms with Crippen molar-refractivity contribution in [1.82, 2.24) is 4.31 Å². The Bertz CT molecular complexity index is 626. The molecule has 0 radical (unpaired) electrons. The molecule has 0 amide bonds. The van der Waals surface area contributed by atoms with Crippen LogP contribution in [0.5, 0.6) is 0 Å². The smallest absolute Gasteiger partial charge is 0.243 e. The molecular weight excluding hydrogens is 286 g/mol. The second-order valence-corrected chi connectivity index (χ2v) is 7.35. The van der Waals surface area contributed by atoms with E-state index in [2.05, 4.69) is 18.8 Å². The zero-order valence-corrected chi connectivity index (χ0v) is 13.1. The lowest BCUT2D eigenvalue weighted by Crippen LogP contribution is -2.39. The van der Waals surface area contributed by atoms with Gasteiger partial charge in [0, 0.05) is 25.1 Å². The van der Waals surface area contributed by atoms with E-state index in [4.69, 9.17) is 5.11 Å². The van der Waals surface area contributed by atoms with Crippen LogP contribution in [-0.2, 0) is 10.0 Å². The summed E-state index contributed by atoms with van der Waals surface area (Å²) in [6.07, 6.45) is 2.43. The van der Waals surface area contributed by atoms with Crippen LogP contribution < -0.4 is 0 Å². The first kappa shape index (κ1) is 16.0. The largest absolute Gasteiger partial charge is 0.395 e. The summed E-state index contributed by atoms with van der Waals surface area (Å²) in [4.78, 5) is 0.323. The molecule has 5 heteroatoms. The summed E-state index contributed by atoms with van der Waals surface area (Å²) in [5.74, 6) is 6.13. The van der Waals surface area contributed by atoms with Gasteiger partial charge in [-0.15, -0.1) is 0 Å². The van der Waals surface area contributed by atoms with Crippen LogP contribution >= 0.6 is 0 Å². The minimum atomic E-state index is -3.39. The minimum Gasteiger partial charge on any atom is -0.395 e. The molecule has 0 aromatic heterocycles. The Morgan fingerprint density at radius 1 is 1.33 bits per heavy atom. The topological polar surface area (TPSA) is 57.6 Å². The van der Waals surface area contributed by atoms with Crippen molar-refractivity contribution in [3.05, 3.63) is 29.8 Å². The average Bonchev–Trinajstić information content (AvgIpc) is 2.48. The van der Waals surface area contributed by atoms with Gasteiger partial charge in [0.15, 0.2) is 0 Å². The Morgan fingerprint density at radius 3 is 2.67 bits per heavy atom. The molecule has 1 atom stereocenters. The maximum absolute atomic E-state index is 12.6. The molecule has 0 aliphatic carbocycles. The lowest BCUT2D eigenvalue weighted by Gasteiger charge is -2.30. The Hall–Kier alpha value is -1.35. The quantitative estimate of drug-likeness (QED) is 0.867. The molecule has 0 spiro atoms. The van der Waals surface area contributed by atoms with Gasteiger partial charge in [-0.2, -0.15) is 4.31 Å². The zero-order chi connectivity index (χ0) is 15.3. The van der Waals surface area contributed by atoms with E-state index in [1.165, 1.54) is 0 Å². The summed E-state index contributed by atoms with van der Waals surface area (Å²) in [6, 6.07) is 6.64. The molecule has 0 bridgehead atoms. The second kappa shape index (κ2) is 7.08. The number of sulfonamides is 1. The fraction of sp³-hybridized carbons (Fsp3) is 0.500. The Morgan fingerprint density at radius 2 is 2.05 bits per heavy atom. The van der Waals surface area contributed by atoms with Crippen molar-refractivity contribution in [2.75, 3.05) is 19.7 Å². The fourth-order valence-corrected chi connectivity index (χ4v) is 4.04. The van der Waals surface area contributed by atoms with Crippen molar-refractivity contribution in [3.63, 3.8) is 0 Å². The summed E-state index contributed by atoms with van der Waals surface area (Å²) in [5.41, 5.74) is 0.759. The van der Waals surface area contributed by atoms with Crippen LogP contribution in [0.4, 0.5) is 0 Å². The maximum Gasteiger partial charge on any atom is 0.243 e. The fourth-order valence-electron chi connectivity index (χ4n) is 2.44. The van der Waals surface area contributed by atoms with Gasteiger partial charge in [0.1, 0.15) is 0 Å². The summed E-state index contributed by atoms with van der Waals surface area (Å²) >= 11 is 0. The van der Waals surface area contributed by atoms with Gasteiger partial charge in [-0.1, -0.05) is 18.8 Å². The maximum atomic E-state index is 12.6. The SMILES string of the molecule is CC1CCCN(S(=O)(=O)c2ccc(C#CCCO)cc2)C1. The van der Waals surface area contributed by atoms with Crippen molar-refractivity contribution >= 4 is 10.0 Å². The number of piperidine rings is 1. The highest BCUT2D eigenvalue weighted by Crippen LogP contribution is 2.23. The Kier molecular flexibility index (Phi) is 5.40. The van der Waals surface area contributed by atoms with E-state index in [1.807, 2.05) is 0 Å². The van der Waals surface area contributed by atoms with Crippen molar-refractivity contribution in [2.24, 2.45) is 5.92 Å². The molecule has 1 saturated heterocycles. The van der Waals surface area contributed by atoms with E-state index in [1.54, 1.807) is 28.6 Å². The molecule has 1 heterocycles. The van der Waals surface area contributed by atoms with Crippen LogP contribution in [0.1, 0.15) is 31.7 Å². The van der Waals surface area contributed by atoms with E-state index >= 15 is 0 Å². The summed E-state index contributed by atoms with van der Waals surface area (Å²) in [7, 11) is -3.39. The third-order valence-electron chi connectivity index (χ3n) is 3.58. The number of aliphatic hydroxyl groups is 1. The number of nitrogens with zero attached hydrogens (tertiary/aromatic N) is 1. The molecule has 1 fully saturated rings. The summed E-state index contributed by atoms with van der Waals surface area (Å²) in [6.45, 7) is 3.32. The van der Waals surface area contributed by atoms with Crippen LogP contribution in [0.25, 0.3) is 0 Å². The van der Waals surface area contributed by atoms with Crippen LogP contribution in [0.15, 0.2) is 29.2 Å². The summed E-state index contributed by atoms with van der Waals surface area (Å²) < 4.78 is 26.7. The molecule has 1 aromatic rings. The highest BCUT2D eigenvalue weighted by molar-refractivity contribution is 7.89. The number of benzene rings is 1. The van der Waals surface area contributed by atoms with Crippen molar-refractivity contribution in [2.45, 2.75) is 31.1 Å². The molecule has 4 nitrogen and oxygen atoms in total. The van der Waals surface area contributed by atoms with Crippen molar-refractivity contribution in [3.8, 4) is 11.8 Å². The predicted octanol–water partition coefficient (Wildman–Crippen LogP) is 1.84. The Labute approximate surface area is 126 Å². The third kappa shape index (κ3) is 4.07. The first-order valence-electron chi connectivity index (χ1n) is 7.24. The zero-order valence-electron chi connectivity index (χ0n) is 12.2. The second-order valence-electron chi connectivity index (χ2n) is 5.41. The van der Waals surface area contributed by atoms with Crippen LogP contribution in [-0.4, -0.2) is 37.5 Å². The lowest BCUT2D eigenvalue weighted by molar-refractivity contribution is 0.281. The molecule has 21 heavy (non-hydrogen) atoms. The van der Waals surface area contributed by atoms with E-state index in [0.29, 0.717) is 30.3 Å². The average molecular weight is 307 g/mol. The normalized spacial score (nSPS) is 19.8. The van der Waals surface area contributed by atoms with Gasteiger partial charge in [-0.25, -0.2) is 8.42 Å². The van der Waals surface area contributed by atoms with Gasteiger partial charge in [0.2, 0.25) is 10.0 Å². The molecule has 0 saturated carbocycles. The van der Waals surface area contributed by atoms with E-state index in [9.17, 15) is 8.42 Å². The van der Waals surface area contributed by atoms with E-state index in [0.717, 1.165) is 18.4 Å². The molecule has 114 valence electrons. The predicted molar refractivity (Wildman–Crippen MR) is 82.2 cm³/mol. The Balaban J connectivity index is 2.15. The van der Waals surface area contributed by atoms with Crippen molar-refractivity contribution < 1.29 is 13.5 Å². The standard InChI is InChI=1S/C16H21NO3S/c1-14-5-4-11-17(13-14)21(19,20)16-9-7-15(8-10-16)6-2-3-12-18/h7-10,14,18H,3-5,11-13H2,1H3. The van der Waals surface area contributed by atoms with Gasteiger partial charge in [0.05, 0.1) is 11.5 Å². The monoisotopic (exact) mass is 307 g/mol. The van der Waals surface area contributed by atoms with E-state index < -0.39 is 10.0 Å². The highest BCUT2D eigenvalue weighted by Gasteiger charge is 2.28. The molecule has 1 aliphatic rings. The minimum absolute atomic E-state index is 0.0343. The number of hydrogen-bond donors (Lipinski definition) is 1. The molecular formula is C16H21NO3S. The summed E-state index contributed by atoms with van der Waals surface area (Å²) in [5, 5.41) is 8.67.